The number of amides is 2. The van der Waals surface area contributed by atoms with Gasteiger partial charge in [0, 0.05) is 32.7 Å². The second-order valence-electron chi connectivity index (χ2n) is 7.03. The van der Waals surface area contributed by atoms with Crippen molar-refractivity contribution >= 4 is 6.03 Å². The predicted molar refractivity (Wildman–Crippen MR) is 103 cm³/mol. The highest BCUT2D eigenvalue weighted by Crippen LogP contribution is 2.34. The normalized spacial score (nSPS) is 17.6. The third-order valence-corrected chi connectivity index (χ3v) is 5.15. The molecule has 2 heterocycles. The number of carbonyl (C=O) groups excluding carboxylic acids is 1. The van der Waals surface area contributed by atoms with Crippen molar-refractivity contribution in [3.8, 4) is 11.5 Å². The third-order valence-electron chi connectivity index (χ3n) is 5.15. The van der Waals surface area contributed by atoms with E-state index in [-0.39, 0.29) is 18.9 Å². The monoisotopic (exact) mass is 367 g/mol. The lowest BCUT2D eigenvalue weighted by Gasteiger charge is -2.35. The molecule has 1 N–H and O–H groups in total. The van der Waals surface area contributed by atoms with Gasteiger partial charge in [-0.1, -0.05) is 36.4 Å². The van der Waals surface area contributed by atoms with Crippen LogP contribution in [0.5, 0.6) is 11.5 Å². The summed E-state index contributed by atoms with van der Waals surface area (Å²) >= 11 is 0. The van der Waals surface area contributed by atoms with Crippen LogP contribution in [0.3, 0.4) is 0 Å². The molecule has 6 nitrogen and oxygen atoms in total. The number of nitrogens with zero attached hydrogens (tertiary/aromatic N) is 2. The van der Waals surface area contributed by atoms with Crippen molar-refractivity contribution in [2.45, 2.75) is 19.5 Å². The van der Waals surface area contributed by atoms with E-state index < -0.39 is 0 Å². The number of nitrogens with one attached hydrogen (secondary N) is 1. The first-order valence-corrected chi connectivity index (χ1v) is 9.40. The Morgan fingerprint density at radius 1 is 1.04 bits per heavy atom. The molecule has 6 heteroatoms. The zero-order chi connectivity index (χ0) is 18.6. The smallest absolute Gasteiger partial charge is 0.317 e. The van der Waals surface area contributed by atoms with Crippen molar-refractivity contribution in [2.75, 3.05) is 33.0 Å². The van der Waals surface area contributed by atoms with Crippen LogP contribution in [0.2, 0.25) is 0 Å². The van der Waals surface area contributed by atoms with Crippen LogP contribution >= 0.6 is 0 Å². The molecule has 0 aliphatic carbocycles. The molecule has 0 saturated carbocycles. The van der Waals surface area contributed by atoms with Crippen LogP contribution in [0.15, 0.2) is 48.5 Å². The Balaban J connectivity index is 1.28. The standard InChI is InChI=1S/C21H25N3O3/c1-16(18-7-8-19-20(13-18)27-15-26-19)22-21(25)24-11-9-23(10-12-24)14-17-5-3-2-4-6-17/h2-8,13,16H,9-12,14-15H2,1H3,(H,22,25). The molecule has 1 atom stereocenters. The van der Waals surface area contributed by atoms with E-state index in [0.717, 1.165) is 49.8 Å². The first-order chi connectivity index (χ1) is 13.2. The Kier molecular flexibility index (Phi) is 5.16. The van der Waals surface area contributed by atoms with Crippen molar-refractivity contribution in [1.82, 2.24) is 15.1 Å². The van der Waals surface area contributed by atoms with Gasteiger partial charge in [0.2, 0.25) is 6.79 Å². The van der Waals surface area contributed by atoms with Crippen molar-refractivity contribution in [3.63, 3.8) is 0 Å². The van der Waals surface area contributed by atoms with E-state index in [4.69, 9.17) is 9.47 Å². The Hall–Kier alpha value is -2.73. The van der Waals surface area contributed by atoms with E-state index in [1.807, 2.05) is 36.1 Å². The van der Waals surface area contributed by atoms with Crippen LogP contribution in [-0.2, 0) is 6.54 Å². The van der Waals surface area contributed by atoms with Crippen molar-refractivity contribution < 1.29 is 14.3 Å². The van der Waals surface area contributed by atoms with E-state index in [1.54, 1.807) is 0 Å². The summed E-state index contributed by atoms with van der Waals surface area (Å²) in [6, 6.07) is 16.1. The number of hydrogen-bond donors (Lipinski definition) is 1. The molecule has 27 heavy (non-hydrogen) atoms. The molecule has 0 bridgehead atoms. The second-order valence-corrected chi connectivity index (χ2v) is 7.03. The lowest BCUT2D eigenvalue weighted by atomic mass is 10.1. The average molecular weight is 367 g/mol. The third kappa shape index (κ3) is 4.17. The number of urea groups is 1. The molecule has 2 aromatic rings. The van der Waals surface area contributed by atoms with E-state index in [0.29, 0.717) is 0 Å². The number of carbonyl (C=O) groups is 1. The van der Waals surface area contributed by atoms with Gasteiger partial charge in [-0.2, -0.15) is 0 Å². The van der Waals surface area contributed by atoms with Gasteiger partial charge in [-0.15, -0.1) is 0 Å². The molecule has 2 aliphatic heterocycles. The molecule has 2 amide bonds. The molecule has 4 rings (SSSR count). The van der Waals surface area contributed by atoms with Crippen LogP contribution in [0.25, 0.3) is 0 Å². The van der Waals surface area contributed by atoms with Gasteiger partial charge >= 0.3 is 6.03 Å². The Morgan fingerprint density at radius 2 is 1.78 bits per heavy atom. The van der Waals surface area contributed by atoms with Gasteiger partial charge in [0.15, 0.2) is 11.5 Å². The quantitative estimate of drug-likeness (QED) is 0.903. The molecule has 142 valence electrons. The maximum atomic E-state index is 12.6. The molecule has 1 saturated heterocycles. The summed E-state index contributed by atoms with van der Waals surface area (Å²) in [6.45, 7) is 6.44. The van der Waals surface area contributed by atoms with Gasteiger partial charge < -0.3 is 19.7 Å². The van der Waals surface area contributed by atoms with Gasteiger partial charge in [0.05, 0.1) is 6.04 Å². The molecule has 0 spiro atoms. The van der Waals surface area contributed by atoms with Crippen LogP contribution < -0.4 is 14.8 Å². The van der Waals surface area contributed by atoms with Crippen molar-refractivity contribution in [1.29, 1.82) is 0 Å². The summed E-state index contributed by atoms with van der Waals surface area (Å²) < 4.78 is 10.8. The maximum absolute atomic E-state index is 12.6. The Bertz CT molecular complexity index is 789. The van der Waals surface area contributed by atoms with Crippen LogP contribution in [0.4, 0.5) is 4.79 Å². The molecule has 1 fully saturated rings. The summed E-state index contributed by atoms with van der Waals surface area (Å²) in [5.41, 5.74) is 2.32. The topological polar surface area (TPSA) is 54.0 Å². The van der Waals surface area contributed by atoms with E-state index in [2.05, 4.69) is 34.5 Å². The fraction of sp³-hybridized carbons (Fsp3) is 0.381. The highest BCUT2D eigenvalue weighted by atomic mass is 16.7. The van der Waals surface area contributed by atoms with Crippen LogP contribution in [0, 0.1) is 0 Å². The van der Waals surface area contributed by atoms with E-state index >= 15 is 0 Å². The number of piperazine rings is 1. The summed E-state index contributed by atoms with van der Waals surface area (Å²) in [7, 11) is 0. The van der Waals surface area contributed by atoms with Gasteiger partial charge in [0.25, 0.3) is 0 Å². The van der Waals surface area contributed by atoms with Crippen LogP contribution in [0.1, 0.15) is 24.1 Å². The molecular formula is C21H25N3O3. The predicted octanol–water partition coefficient (Wildman–Crippen LogP) is 3.00. The fourth-order valence-electron chi connectivity index (χ4n) is 3.49. The minimum atomic E-state index is -0.0886. The average Bonchev–Trinajstić information content (AvgIpc) is 3.17. The molecule has 2 aromatic carbocycles. The maximum Gasteiger partial charge on any atom is 0.317 e. The summed E-state index contributed by atoms with van der Waals surface area (Å²) in [5.74, 6) is 1.50. The zero-order valence-electron chi connectivity index (χ0n) is 15.6. The lowest BCUT2D eigenvalue weighted by Crippen LogP contribution is -2.51. The number of hydrogen-bond acceptors (Lipinski definition) is 4. The number of fused-ring (bicyclic) bond motifs is 1. The minimum Gasteiger partial charge on any atom is -0.454 e. The molecule has 0 radical (unpaired) electrons. The number of ether oxygens (including phenoxy) is 2. The molecular weight excluding hydrogens is 342 g/mol. The lowest BCUT2D eigenvalue weighted by molar-refractivity contribution is 0.133. The molecule has 1 unspecified atom stereocenters. The summed E-state index contributed by atoms with van der Waals surface area (Å²) in [5, 5.41) is 3.09. The van der Waals surface area contributed by atoms with Crippen LogP contribution in [-0.4, -0.2) is 48.8 Å². The summed E-state index contributed by atoms with van der Waals surface area (Å²) in [6.07, 6.45) is 0. The minimum absolute atomic E-state index is 0.0143. The highest BCUT2D eigenvalue weighted by molar-refractivity contribution is 5.75. The van der Waals surface area contributed by atoms with E-state index in [9.17, 15) is 4.79 Å². The first kappa shape index (κ1) is 17.7. The number of rotatable bonds is 4. The van der Waals surface area contributed by atoms with Crippen molar-refractivity contribution in [2.24, 2.45) is 0 Å². The zero-order valence-corrected chi connectivity index (χ0v) is 15.6. The second kappa shape index (κ2) is 7.88. The van der Waals surface area contributed by atoms with Gasteiger partial charge in [0.1, 0.15) is 0 Å². The highest BCUT2D eigenvalue weighted by Gasteiger charge is 2.23. The van der Waals surface area contributed by atoms with Crippen molar-refractivity contribution in [3.05, 3.63) is 59.7 Å². The Morgan fingerprint density at radius 3 is 2.56 bits per heavy atom. The molecule has 0 aromatic heterocycles. The van der Waals surface area contributed by atoms with Gasteiger partial charge in [-0.3, -0.25) is 4.90 Å². The van der Waals surface area contributed by atoms with Gasteiger partial charge in [-0.25, -0.2) is 4.79 Å². The van der Waals surface area contributed by atoms with Gasteiger partial charge in [-0.05, 0) is 30.2 Å². The fourth-order valence-corrected chi connectivity index (χ4v) is 3.49. The number of benzene rings is 2. The Labute approximate surface area is 159 Å². The van der Waals surface area contributed by atoms with E-state index in [1.165, 1.54) is 5.56 Å². The molecule has 2 aliphatic rings. The largest absolute Gasteiger partial charge is 0.454 e. The summed E-state index contributed by atoms with van der Waals surface area (Å²) in [4.78, 5) is 16.9. The first-order valence-electron chi connectivity index (χ1n) is 9.40. The SMILES string of the molecule is CC(NC(=O)N1CCN(Cc2ccccc2)CC1)c1ccc2c(c1)OCO2.